The van der Waals surface area contributed by atoms with E-state index in [-0.39, 0.29) is 5.41 Å². The predicted molar refractivity (Wildman–Crippen MR) is 62.3 cm³/mol. The van der Waals surface area contributed by atoms with Crippen LogP contribution < -0.4 is 5.73 Å². The lowest BCUT2D eigenvalue weighted by atomic mass is 9.69. The number of carbonyl (C=O) groups is 1. The number of ketones is 1. The number of hydrogen-bond donors (Lipinski definition) is 2. The topological polar surface area (TPSA) is 63.3 Å². The van der Waals surface area contributed by atoms with E-state index in [1.54, 1.807) is 12.1 Å². The van der Waals surface area contributed by atoms with Gasteiger partial charge in [0.1, 0.15) is 11.5 Å². The number of carbonyl (C=O) groups excluding carboxylic acids is 1. The van der Waals surface area contributed by atoms with Gasteiger partial charge in [0.25, 0.3) is 0 Å². The quantitative estimate of drug-likeness (QED) is 0.796. The molecule has 2 rings (SSSR count). The summed E-state index contributed by atoms with van der Waals surface area (Å²) < 4.78 is 0. The zero-order chi connectivity index (χ0) is 11.6. The van der Waals surface area contributed by atoms with Crippen LogP contribution in [0.25, 0.3) is 0 Å². The summed E-state index contributed by atoms with van der Waals surface area (Å²) in [7, 11) is 0. The van der Waals surface area contributed by atoms with E-state index in [1.807, 2.05) is 12.1 Å². The fourth-order valence-corrected chi connectivity index (χ4v) is 2.51. The molecule has 1 aromatic carbocycles. The first-order valence-electron chi connectivity index (χ1n) is 5.68. The number of hydrogen-bond acceptors (Lipinski definition) is 3. The molecule has 0 radical (unpaired) electrons. The van der Waals surface area contributed by atoms with E-state index in [9.17, 15) is 9.90 Å². The average molecular weight is 219 g/mol. The van der Waals surface area contributed by atoms with Gasteiger partial charge < -0.3 is 10.8 Å². The van der Waals surface area contributed by atoms with Crippen molar-refractivity contribution in [3.8, 4) is 5.75 Å². The Bertz CT molecular complexity index is 391. The molecule has 3 nitrogen and oxygen atoms in total. The van der Waals surface area contributed by atoms with Gasteiger partial charge in [0.15, 0.2) is 0 Å². The normalized spacial score (nSPS) is 19.7. The Morgan fingerprint density at radius 3 is 2.44 bits per heavy atom. The summed E-state index contributed by atoms with van der Waals surface area (Å²) in [5.74, 6) is 0.599. The molecule has 1 saturated carbocycles. The monoisotopic (exact) mass is 219 g/mol. The first kappa shape index (κ1) is 11.1. The van der Waals surface area contributed by atoms with Gasteiger partial charge in [0.05, 0.1) is 0 Å². The van der Waals surface area contributed by atoms with Gasteiger partial charge in [0, 0.05) is 30.4 Å². The third kappa shape index (κ3) is 1.83. The molecule has 0 amide bonds. The first-order valence-corrected chi connectivity index (χ1v) is 5.68. The van der Waals surface area contributed by atoms with Gasteiger partial charge >= 0.3 is 0 Å². The van der Waals surface area contributed by atoms with Crippen molar-refractivity contribution in [3.05, 3.63) is 29.8 Å². The minimum absolute atomic E-state index is 0.209. The minimum Gasteiger partial charge on any atom is -0.508 e. The number of nitrogens with two attached hydrogens (primary N) is 1. The highest BCUT2D eigenvalue weighted by Gasteiger charge is 2.36. The third-order valence-electron chi connectivity index (χ3n) is 3.63. The van der Waals surface area contributed by atoms with Crippen LogP contribution in [0.4, 0.5) is 0 Å². The molecular formula is C13H17NO2. The highest BCUT2D eigenvalue weighted by Crippen LogP contribution is 2.41. The Balaban J connectivity index is 2.35. The molecule has 1 aliphatic carbocycles. The molecule has 0 saturated heterocycles. The maximum atomic E-state index is 11.3. The van der Waals surface area contributed by atoms with Crippen molar-refractivity contribution in [2.24, 2.45) is 5.73 Å². The van der Waals surface area contributed by atoms with Gasteiger partial charge in [-0.15, -0.1) is 0 Å². The van der Waals surface area contributed by atoms with Crippen LogP contribution in [0.3, 0.4) is 0 Å². The molecule has 0 unspecified atom stereocenters. The summed E-state index contributed by atoms with van der Waals surface area (Å²) in [6.07, 6.45) is 2.65. The predicted octanol–water partition coefficient (Wildman–Crippen LogP) is 1.73. The molecule has 86 valence electrons. The Kier molecular flexibility index (Phi) is 2.97. The van der Waals surface area contributed by atoms with Crippen LogP contribution in [0.5, 0.6) is 5.75 Å². The summed E-state index contributed by atoms with van der Waals surface area (Å²) in [6.45, 7) is 0.484. The lowest BCUT2D eigenvalue weighted by molar-refractivity contribution is -0.121. The maximum Gasteiger partial charge on any atom is 0.132 e. The summed E-state index contributed by atoms with van der Waals surface area (Å²) in [5, 5.41) is 9.88. The van der Waals surface area contributed by atoms with Crippen LogP contribution in [0, 0.1) is 0 Å². The van der Waals surface area contributed by atoms with Gasteiger partial charge in [-0.1, -0.05) is 18.2 Å². The van der Waals surface area contributed by atoms with Crippen molar-refractivity contribution >= 4 is 5.78 Å². The number of aromatic hydroxyl groups is 1. The number of phenolic OH excluding ortho intramolecular Hbond substituents is 1. The van der Waals surface area contributed by atoms with Gasteiger partial charge in [-0.3, -0.25) is 4.79 Å². The van der Waals surface area contributed by atoms with Crippen LogP contribution in [0.15, 0.2) is 24.3 Å². The molecular weight excluding hydrogens is 202 g/mol. The van der Waals surface area contributed by atoms with E-state index < -0.39 is 0 Å². The lowest BCUT2D eigenvalue weighted by Gasteiger charge is -2.36. The summed E-state index contributed by atoms with van der Waals surface area (Å²) in [4.78, 5) is 11.3. The maximum absolute atomic E-state index is 11.3. The van der Waals surface area contributed by atoms with Gasteiger partial charge in [-0.05, 0) is 18.9 Å². The molecule has 0 heterocycles. The van der Waals surface area contributed by atoms with Crippen molar-refractivity contribution in [2.45, 2.75) is 31.1 Å². The zero-order valence-electron chi connectivity index (χ0n) is 9.28. The number of rotatable bonds is 2. The van der Waals surface area contributed by atoms with Crippen LogP contribution >= 0.6 is 0 Å². The molecule has 0 atom stereocenters. The standard InChI is InChI=1S/C13H17NO2/c14-9-13(7-5-10(15)6-8-13)11-3-1-2-4-12(11)16/h1-4,16H,5-9,14H2. The highest BCUT2D eigenvalue weighted by atomic mass is 16.3. The van der Waals surface area contributed by atoms with E-state index >= 15 is 0 Å². The molecule has 1 fully saturated rings. The van der Waals surface area contributed by atoms with Crippen LogP contribution in [-0.4, -0.2) is 17.4 Å². The fraction of sp³-hybridized carbons (Fsp3) is 0.462. The van der Waals surface area contributed by atoms with E-state index in [0.717, 1.165) is 18.4 Å². The summed E-state index contributed by atoms with van der Waals surface area (Å²) in [6, 6.07) is 7.31. The second-order valence-corrected chi connectivity index (χ2v) is 4.54. The largest absolute Gasteiger partial charge is 0.508 e. The number of Topliss-reactive ketones (excluding diaryl/α,β-unsaturated/α-hetero) is 1. The molecule has 1 aromatic rings. The molecule has 16 heavy (non-hydrogen) atoms. The Labute approximate surface area is 95.3 Å². The van der Waals surface area contributed by atoms with Gasteiger partial charge in [-0.2, -0.15) is 0 Å². The van der Waals surface area contributed by atoms with Crippen LogP contribution in [0.1, 0.15) is 31.2 Å². The second-order valence-electron chi connectivity index (χ2n) is 4.54. The van der Waals surface area contributed by atoms with E-state index in [2.05, 4.69) is 0 Å². The van der Waals surface area contributed by atoms with E-state index in [4.69, 9.17) is 5.73 Å². The smallest absolute Gasteiger partial charge is 0.132 e. The van der Waals surface area contributed by atoms with Crippen LogP contribution in [0.2, 0.25) is 0 Å². The highest BCUT2D eigenvalue weighted by molar-refractivity contribution is 5.79. The Morgan fingerprint density at radius 1 is 1.25 bits per heavy atom. The molecule has 3 N–H and O–H groups in total. The van der Waals surface area contributed by atoms with E-state index in [1.165, 1.54) is 0 Å². The second kappa shape index (κ2) is 4.26. The van der Waals surface area contributed by atoms with Crippen LogP contribution in [-0.2, 0) is 10.2 Å². The summed E-state index contributed by atoms with van der Waals surface area (Å²) in [5.41, 5.74) is 6.55. The Hall–Kier alpha value is -1.35. The van der Waals surface area contributed by atoms with Gasteiger partial charge in [-0.25, -0.2) is 0 Å². The lowest BCUT2D eigenvalue weighted by Crippen LogP contribution is -2.39. The van der Waals surface area contributed by atoms with Crippen molar-refractivity contribution in [1.29, 1.82) is 0 Å². The molecule has 0 aromatic heterocycles. The first-order chi connectivity index (χ1) is 7.68. The Morgan fingerprint density at radius 2 is 1.88 bits per heavy atom. The van der Waals surface area contributed by atoms with Gasteiger partial charge in [0.2, 0.25) is 0 Å². The van der Waals surface area contributed by atoms with Crippen molar-refractivity contribution in [2.75, 3.05) is 6.54 Å². The summed E-state index contributed by atoms with van der Waals surface area (Å²) >= 11 is 0. The SMILES string of the molecule is NCC1(c2ccccc2O)CCC(=O)CC1. The molecule has 1 aliphatic rings. The fourth-order valence-electron chi connectivity index (χ4n) is 2.51. The van der Waals surface area contributed by atoms with E-state index in [0.29, 0.717) is 30.9 Å². The molecule has 0 aliphatic heterocycles. The third-order valence-corrected chi connectivity index (χ3v) is 3.63. The number of phenols is 1. The number of benzene rings is 1. The zero-order valence-corrected chi connectivity index (χ0v) is 9.28. The van der Waals surface area contributed by atoms with Crippen molar-refractivity contribution in [3.63, 3.8) is 0 Å². The molecule has 0 bridgehead atoms. The molecule has 0 spiro atoms. The minimum atomic E-state index is -0.209. The van der Waals surface area contributed by atoms with Crippen molar-refractivity contribution in [1.82, 2.24) is 0 Å². The van der Waals surface area contributed by atoms with Crippen molar-refractivity contribution < 1.29 is 9.90 Å². The number of para-hydroxylation sites is 1. The molecule has 3 heteroatoms. The average Bonchev–Trinajstić information content (AvgIpc) is 2.32.